The average Bonchev–Trinajstić information content (AvgIpc) is 2.58. The van der Waals surface area contributed by atoms with Crippen molar-refractivity contribution in [3.8, 4) is 0 Å². The van der Waals surface area contributed by atoms with Crippen LogP contribution in [0.2, 0.25) is 0 Å². The van der Waals surface area contributed by atoms with Gasteiger partial charge >= 0.3 is 5.97 Å². The zero-order valence-corrected chi connectivity index (χ0v) is 10.8. The Labute approximate surface area is 105 Å². The minimum absolute atomic E-state index is 0.0250. The third-order valence-electron chi connectivity index (χ3n) is 3.35. The Hall–Kier alpha value is -0.750. The molecule has 2 saturated heterocycles. The summed E-state index contributed by atoms with van der Waals surface area (Å²) in [7, 11) is 1.70. The number of rotatable bonds is 3. The summed E-state index contributed by atoms with van der Waals surface area (Å²) in [5.41, 5.74) is 0. The van der Waals surface area contributed by atoms with Gasteiger partial charge in [0.1, 0.15) is 5.37 Å². The smallest absolute Gasteiger partial charge is 0.306 e. The number of nitrogens with zero attached hydrogens (tertiary/aromatic N) is 2. The first-order valence-electron chi connectivity index (χ1n) is 5.97. The van der Waals surface area contributed by atoms with Crippen molar-refractivity contribution < 1.29 is 14.7 Å². The summed E-state index contributed by atoms with van der Waals surface area (Å²) >= 11 is 1.48. The molecule has 5 nitrogen and oxygen atoms in total. The highest BCUT2D eigenvalue weighted by Gasteiger charge is 2.42. The molecule has 0 aliphatic carbocycles. The van der Waals surface area contributed by atoms with Crippen LogP contribution in [-0.4, -0.2) is 57.7 Å². The van der Waals surface area contributed by atoms with E-state index in [0.29, 0.717) is 0 Å². The first-order chi connectivity index (χ1) is 8.09. The number of likely N-dealkylation sites (N-methyl/N-ethyl adjacent to an activating group) is 1. The Kier molecular flexibility index (Phi) is 3.93. The van der Waals surface area contributed by atoms with E-state index >= 15 is 0 Å². The number of hydrogen-bond donors (Lipinski definition) is 1. The lowest BCUT2D eigenvalue weighted by atomic mass is 10.1. The number of likely N-dealkylation sites (tertiary alicyclic amines) is 1. The molecule has 0 aromatic heterocycles. The number of carbonyl (C=O) groups is 2. The fourth-order valence-corrected chi connectivity index (χ4v) is 3.83. The van der Waals surface area contributed by atoms with Crippen LogP contribution in [0.5, 0.6) is 0 Å². The van der Waals surface area contributed by atoms with Crippen molar-refractivity contribution in [1.82, 2.24) is 9.80 Å². The molecule has 0 aromatic rings. The molecule has 1 amide bonds. The summed E-state index contributed by atoms with van der Waals surface area (Å²) in [5.74, 6) is -0.787. The number of aliphatic carboxylic acids is 1. The maximum atomic E-state index is 12.1. The van der Waals surface area contributed by atoms with E-state index in [0.717, 1.165) is 25.9 Å². The topological polar surface area (TPSA) is 60.9 Å². The van der Waals surface area contributed by atoms with Gasteiger partial charge in [0.2, 0.25) is 0 Å². The Morgan fingerprint density at radius 2 is 2.06 bits per heavy atom. The molecule has 0 bridgehead atoms. The van der Waals surface area contributed by atoms with Crippen molar-refractivity contribution in [2.45, 2.75) is 36.4 Å². The normalized spacial score (nSPS) is 30.9. The van der Waals surface area contributed by atoms with Crippen molar-refractivity contribution >= 4 is 23.6 Å². The molecule has 0 saturated carbocycles. The number of thioether (sulfide) groups is 1. The second kappa shape index (κ2) is 5.27. The Morgan fingerprint density at radius 3 is 2.65 bits per heavy atom. The zero-order valence-electron chi connectivity index (χ0n) is 9.96. The minimum atomic E-state index is -0.846. The number of carbonyl (C=O) groups excluding carboxylic acids is 1. The molecule has 2 fully saturated rings. The molecule has 2 heterocycles. The molecule has 0 radical (unpaired) electrons. The van der Waals surface area contributed by atoms with E-state index < -0.39 is 5.97 Å². The van der Waals surface area contributed by atoms with Crippen molar-refractivity contribution in [3.63, 3.8) is 0 Å². The van der Waals surface area contributed by atoms with Gasteiger partial charge < -0.3 is 10.0 Å². The highest BCUT2D eigenvalue weighted by atomic mass is 32.2. The lowest BCUT2D eigenvalue weighted by Gasteiger charge is -2.30. The van der Waals surface area contributed by atoms with E-state index in [2.05, 4.69) is 4.90 Å². The zero-order chi connectivity index (χ0) is 12.4. The van der Waals surface area contributed by atoms with Gasteiger partial charge in [-0.25, -0.2) is 0 Å². The number of amides is 1. The van der Waals surface area contributed by atoms with Crippen LogP contribution in [0.3, 0.4) is 0 Å². The maximum absolute atomic E-state index is 12.1. The SMILES string of the molecule is CN1C(=O)C(N2CCCCC2)SC1CC(=O)O. The second-order valence-corrected chi connectivity index (χ2v) is 5.85. The van der Waals surface area contributed by atoms with Crippen LogP contribution in [0.25, 0.3) is 0 Å². The lowest BCUT2D eigenvalue weighted by molar-refractivity contribution is -0.138. The first-order valence-corrected chi connectivity index (χ1v) is 6.92. The van der Waals surface area contributed by atoms with Crippen molar-refractivity contribution in [3.05, 3.63) is 0 Å². The van der Waals surface area contributed by atoms with Crippen LogP contribution in [0, 0.1) is 0 Å². The Bertz CT molecular complexity index is 318. The molecule has 2 aliphatic rings. The number of carboxylic acid groups (broad SMARTS) is 1. The molecule has 2 rings (SSSR count). The summed E-state index contributed by atoms with van der Waals surface area (Å²) in [6.45, 7) is 1.91. The van der Waals surface area contributed by atoms with Gasteiger partial charge in [0.05, 0.1) is 11.8 Å². The monoisotopic (exact) mass is 258 g/mol. The molecule has 0 spiro atoms. The second-order valence-electron chi connectivity index (χ2n) is 4.59. The minimum Gasteiger partial charge on any atom is -0.481 e. The van der Waals surface area contributed by atoms with Crippen LogP contribution in [-0.2, 0) is 9.59 Å². The molecule has 96 valence electrons. The van der Waals surface area contributed by atoms with Crippen LogP contribution in [0.4, 0.5) is 0 Å². The highest BCUT2D eigenvalue weighted by molar-refractivity contribution is 8.01. The summed E-state index contributed by atoms with van der Waals surface area (Å²) in [6, 6.07) is 0. The van der Waals surface area contributed by atoms with Gasteiger partial charge in [-0.15, -0.1) is 11.8 Å². The molecule has 2 atom stereocenters. The van der Waals surface area contributed by atoms with Gasteiger partial charge in [-0.3, -0.25) is 14.5 Å². The van der Waals surface area contributed by atoms with Gasteiger partial charge in [-0.2, -0.15) is 0 Å². The van der Waals surface area contributed by atoms with Crippen molar-refractivity contribution in [2.24, 2.45) is 0 Å². The van der Waals surface area contributed by atoms with E-state index in [9.17, 15) is 9.59 Å². The van der Waals surface area contributed by atoms with Crippen LogP contribution >= 0.6 is 11.8 Å². The predicted octanol–water partition coefficient (Wildman–Crippen LogP) is 0.804. The van der Waals surface area contributed by atoms with E-state index in [-0.39, 0.29) is 23.1 Å². The number of piperidine rings is 1. The standard InChI is InChI=1S/C11H18N2O3S/c1-12-8(7-9(14)15)17-11(10(12)16)13-5-3-2-4-6-13/h8,11H,2-7H2,1H3,(H,14,15). The quantitative estimate of drug-likeness (QED) is 0.811. The predicted molar refractivity (Wildman–Crippen MR) is 65.6 cm³/mol. The van der Waals surface area contributed by atoms with Gasteiger partial charge in [-0.05, 0) is 25.9 Å². The largest absolute Gasteiger partial charge is 0.481 e. The van der Waals surface area contributed by atoms with E-state index in [1.54, 1.807) is 11.9 Å². The number of carboxylic acids is 1. The van der Waals surface area contributed by atoms with Crippen molar-refractivity contribution in [2.75, 3.05) is 20.1 Å². The Morgan fingerprint density at radius 1 is 1.41 bits per heavy atom. The highest BCUT2D eigenvalue weighted by Crippen LogP contribution is 2.35. The van der Waals surface area contributed by atoms with Crippen LogP contribution in [0.1, 0.15) is 25.7 Å². The van der Waals surface area contributed by atoms with Gasteiger partial charge in [-0.1, -0.05) is 6.42 Å². The molecular formula is C11H18N2O3S. The molecule has 17 heavy (non-hydrogen) atoms. The van der Waals surface area contributed by atoms with Gasteiger partial charge in [0, 0.05) is 7.05 Å². The molecule has 6 heteroatoms. The summed E-state index contributed by atoms with van der Waals surface area (Å²) in [6.07, 6.45) is 3.53. The summed E-state index contributed by atoms with van der Waals surface area (Å²) < 4.78 is 0. The molecular weight excluding hydrogens is 240 g/mol. The number of hydrogen-bond acceptors (Lipinski definition) is 4. The van der Waals surface area contributed by atoms with E-state index in [1.165, 1.54) is 18.2 Å². The van der Waals surface area contributed by atoms with E-state index in [1.807, 2.05) is 0 Å². The Balaban J connectivity index is 1.99. The third kappa shape index (κ3) is 2.74. The summed E-state index contributed by atoms with van der Waals surface area (Å²) in [5, 5.41) is 8.43. The maximum Gasteiger partial charge on any atom is 0.306 e. The van der Waals surface area contributed by atoms with Gasteiger partial charge in [0.15, 0.2) is 0 Å². The average molecular weight is 258 g/mol. The molecule has 0 aromatic carbocycles. The van der Waals surface area contributed by atoms with E-state index in [4.69, 9.17) is 5.11 Å². The first kappa shape index (κ1) is 12.7. The van der Waals surface area contributed by atoms with Gasteiger partial charge in [0.25, 0.3) is 5.91 Å². The fourth-order valence-electron chi connectivity index (χ4n) is 2.34. The molecule has 2 aliphatic heterocycles. The molecule has 1 N–H and O–H groups in total. The van der Waals surface area contributed by atoms with Crippen LogP contribution < -0.4 is 0 Å². The third-order valence-corrected chi connectivity index (χ3v) is 4.90. The van der Waals surface area contributed by atoms with Crippen LogP contribution in [0.15, 0.2) is 0 Å². The fraction of sp³-hybridized carbons (Fsp3) is 0.818. The summed E-state index contributed by atoms with van der Waals surface area (Å²) in [4.78, 5) is 26.6. The van der Waals surface area contributed by atoms with Crippen molar-refractivity contribution in [1.29, 1.82) is 0 Å². The molecule has 2 unspecified atom stereocenters. The lowest BCUT2D eigenvalue weighted by Crippen LogP contribution is -2.42.